The van der Waals surface area contributed by atoms with Crippen LogP contribution in [0.25, 0.3) is 0 Å². The number of rotatable bonds is 3. The van der Waals surface area contributed by atoms with Gasteiger partial charge in [0.15, 0.2) is 0 Å². The molecule has 1 saturated carbocycles. The summed E-state index contributed by atoms with van der Waals surface area (Å²) in [5.41, 5.74) is 1.25. The van der Waals surface area contributed by atoms with E-state index in [-0.39, 0.29) is 36.5 Å². The Balaban J connectivity index is 1.59. The van der Waals surface area contributed by atoms with Crippen LogP contribution in [0.4, 0.5) is 4.79 Å². The highest BCUT2D eigenvalue weighted by molar-refractivity contribution is 7.07. The van der Waals surface area contributed by atoms with Crippen LogP contribution < -0.4 is 10.6 Å². The molecule has 2 N–H and O–H groups in total. The molecular formula is C16H23N3O2S. The predicted octanol–water partition coefficient (Wildman–Crippen LogP) is 2.30. The molecule has 3 atom stereocenters. The van der Waals surface area contributed by atoms with E-state index in [1.165, 1.54) is 5.56 Å². The van der Waals surface area contributed by atoms with E-state index < -0.39 is 0 Å². The fraction of sp³-hybridized carbons (Fsp3) is 0.625. The lowest BCUT2D eigenvalue weighted by Crippen LogP contribution is -2.64. The van der Waals surface area contributed by atoms with Gasteiger partial charge in [-0.25, -0.2) is 4.79 Å². The van der Waals surface area contributed by atoms with E-state index in [0.29, 0.717) is 6.54 Å². The highest BCUT2D eigenvalue weighted by atomic mass is 32.1. The summed E-state index contributed by atoms with van der Waals surface area (Å²) in [6.45, 7) is 2.89. The van der Waals surface area contributed by atoms with Gasteiger partial charge in [-0.1, -0.05) is 19.8 Å². The van der Waals surface area contributed by atoms with Gasteiger partial charge in [-0.15, -0.1) is 0 Å². The first-order chi connectivity index (χ1) is 10.6. The maximum absolute atomic E-state index is 12.5. The molecule has 3 rings (SSSR count). The molecule has 3 amide bonds. The third kappa shape index (κ3) is 3.27. The van der Waals surface area contributed by atoms with Crippen LogP contribution in [0.1, 0.15) is 44.1 Å². The topological polar surface area (TPSA) is 61.4 Å². The maximum atomic E-state index is 12.5. The number of piperazine rings is 1. The third-order valence-corrected chi connectivity index (χ3v) is 5.42. The van der Waals surface area contributed by atoms with Gasteiger partial charge in [0.05, 0.1) is 6.04 Å². The standard InChI is InChI=1S/C16H23N3O2S/c1-11(12-6-7-22-10-12)8-17-16(21)19-9-15(20)18-13-4-2-3-5-14(13)19/h6-7,10-11,13-14H,2-5,8-9H2,1H3,(H,17,21)(H,18,20)/t11-,13-,14+/m1/s1. The number of nitrogens with one attached hydrogen (secondary N) is 2. The predicted molar refractivity (Wildman–Crippen MR) is 87.0 cm³/mol. The second kappa shape index (κ2) is 6.69. The number of urea groups is 1. The normalized spacial score (nSPS) is 26.0. The average molecular weight is 321 g/mol. The van der Waals surface area contributed by atoms with Crippen molar-refractivity contribution in [2.45, 2.75) is 50.6 Å². The highest BCUT2D eigenvalue weighted by Crippen LogP contribution is 2.26. The van der Waals surface area contributed by atoms with Crippen LogP contribution in [0, 0.1) is 0 Å². The number of amides is 3. The summed E-state index contributed by atoms with van der Waals surface area (Å²) in [6.07, 6.45) is 4.22. The van der Waals surface area contributed by atoms with Crippen molar-refractivity contribution in [3.05, 3.63) is 22.4 Å². The van der Waals surface area contributed by atoms with Crippen LogP contribution in [0.15, 0.2) is 16.8 Å². The van der Waals surface area contributed by atoms with Gasteiger partial charge < -0.3 is 15.5 Å². The number of hydrogen-bond donors (Lipinski definition) is 2. The molecule has 0 bridgehead atoms. The monoisotopic (exact) mass is 321 g/mol. The summed E-state index contributed by atoms with van der Waals surface area (Å²) in [5.74, 6) is 0.250. The van der Waals surface area contributed by atoms with Gasteiger partial charge in [0.25, 0.3) is 0 Å². The molecule has 1 aliphatic carbocycles. The van der Waals surface area contributed by atoms with E-state index in [1.54, 1.807) is 16.2 Å². The summed E-state index contributed by atoms with van der Waals surface area (Å²) in [5, 5.41) is 10.2. The minimum atomic E-state index is -0.103. The van der Waals surface area contributed by atoms with Crippen LogP contribution in [0.2, 0.25) is 0 Å². The van der Waals surface area contributed by atoms with Gasteiger partial charge in [-0.3, -0.25) is 4.79 Å². The second-order valence-corrected chi connectivity index (χ2v) is 7.08. The van der Waals surface area contributed by atoms with Crippen molar-refractivity contribution in [1.82, 2.24) is 15.5 Å². The molecule has 5 nitrogen and oxygen atoms in total. The van der Waals surface area contributed by atoms with Crippen LogP contribution in [-0.2, 0) is 4.79 Å². The Labute approximate surface area is 135 Å². The number of fused-ring (bicyclic) bond motifs is 1. The van der Waals surface area contributed by atoms with E-state index in [4.69, 9.17) is 0 Å². The van der Waals surface area contributed by atoms with E-state index in [1.807, 2.05) is 0 Å². The number of hydrogen-bond acceptors (Lipinski definition) is 3. The number of carbonyl (C=O) groups is 2. The van der Waals surface area contributed by atoms with E-state index in [9.17, 15) is 9.59 Å². The first kappa shape index (κ1) is 15.3. The zero-order chi connectivity index (χ0) is 15.5. The van der Waals surface area contributed by atoms with Crippen molar-refractivity contribution < 1.29 is 9.59 Å². The van der Waals surface area contributed by atoms with Crippen molar-refractivity contribution in [3.63, 3.8) is 0 Å². The zero-order valence-electron chi connectivity index (χ0n) is 12.9. The van der Waals surface area contributed by atoms with E-state index >= 15 is 0 Å². The Bertz CT molecular complexity index is 532. The third-order valence-electron chi connectivity index (χ3n) is 4.72. The molecule has 1 aromatic rings. The van der Waals surface area contributed by atoms with E-state index in [2.05, 4.69) is 34.4 Å². The molecule has 2 aliphatic rings. The van der Waals surface area contributed by atoms with Gasteiger partial charge in [-0.2, -0.15) is 11.3 Å². The molecule has 2 heterocycles. The SMILES string of the molecule is C[C@H](CNC(=O)N1CC(=O)N[C@@H]2CCCC[C@@H]21)c1ccsc1. The van der Waals surface area contributed by atoms with Crippen molar-refractivity contribution in [1.29, 1.82) is 0 Å². The molecule has 0 aromatic carbocycles. The van der Waals surface area contributed by atoms with Gasteiger partial charge in [0, 0.05) is 12.6 Å². The molecule has 0 radical (unpaired) electrons. The molecule has 1 aliphatic heterocycles. The molecule has 1 aromatic heterocycles. The fourth-order valence-corrected chi connectivity index (χ4v) is 4.20. The molecule has 1 saturated heterocycles. The van der Waals surface area contributed by atoms with E-state index in [0.717, 1.165) is 25.7 Å². The van der Waals surface area contributed by atoms with Gasteiger partial charge in [0.1, 0.15) is 6.54 Å². The van der Waals surface area contributed by atoms with Crippen molar-refractivity contribution in [3.8, 4) is 0 Å². The summed E-state index contributed by atoms with van der Waals surface area (Å²) in [4.78, 5) is 26.1. The quantitative estimate of drug-likeness (QED) is 0.897. The highest BCUT2D eigenvalue weighted by Gasteiger charge is 2.38. The average Bonchev–Trinajstić information content (AvgIpc) is 3.06. The minimum Gasteiger partial charge on any atom is -0.350 e. The molecule has 0 unspecified atom stereocenters. The lowest BCUT2D eigenvalue weighted by molar-refractivity contribution is -0.126. The zero-order valence-corrected chi connectivity index (χ0v) is 13.7. The van der Waals surface area contributed by atoms with Crippen molar-refractivity contribution in [2.24, 2.45) is 0 Å². The molecule has 6 heteroatoms. The first-order valence-electron chi connectivity index (χ1n) is 8.01. The maximum Gasteiger partial charge on any atom is 0.318 e. The van der Waals surface area contributed by atoms with Crippen LogP contribution in [0.3, 0.4) is 0 Å². The summed E-state index contributed by atoms with van der Waals surface area (Å²) in [7, 11) is 0. The van der Waals surface area contributed by atoms with Crippen LogP contribution >= 0.6 is 11.3 Å². The largest absolute Gasteiger partial charge is 0.350 e. The van der Waals surface area contributed by atoms with Gasteiger partial charge in [0.2, 0.25) is 5.91 Å². The Hall–Kier alpha value is -1.56. The van der Waals surface area contributed by atoms with Crippen LogP contribution in [-0.4, -0.2) is 42.0 Å². The lowest BCUT2D eigenvalue weighted by atomic mass is 9.87. The molecule has 120 valence electrons. The Morgan fingerprint density at radius 3 is 3.09 bits per heavy atom. The summed E-state index contributed by atoms with van der Waals surface area (Å²) < 4.78 is 0. The molecule has 2 fully saturated rings. The Morgan fingerprint density at radius 1 is 1.50 bits per heavy atom. The second-order valence-electron chi connectivity index (χ2n) is 6.30. The number of carbonyl (C=O) groups excluding carboxylic acids is 2. The lowest BCUT2D eigenvalue weighted by Gasteiger charge is -2.43. The molecular weight excluding hydrogens is 298 g/mol. The first-order valence-corrected chi connectivity index (χ1v) is 8.95. The number of nitrogens with zero attached hydrogens (tertiary/aromatic N) is 1. The summed E-state index contributed by atoms with van der Waals surface area (Å²) in [6, 6.07) is 2.28. The fourth-order valence-electron chi connectivity index (χ4n) is 3.41. The van der Waals surface area contributed by atoms with Gasteiger partial charge in [-0.05, 0) is 41.1 Å². The molecule has 0 spiro atoms. The number of thiophene rings is 1. The van der Waals surface area contributed by atoms with Crippen molar-refractivity contribution >= 4 is 23.3 Å². The minimum absolute atomic E-state index is 0.0378. The molecule has 22 heavy (non-hydrogen) atoms. The van der Waals surface area contributed by atoms with Crippen molar-refractivity contribution in [2.75, 3.05) is 13.1 Å². The Morgan fingerprint density at radius 2 is 2.32 bits per heavy atom. The summed E-state index contributed by atoms with van der Waals surface area (Å²) >= 11 is 1.67. The Kier molecular flexibility index (Phi) is 4.66. The van der Waals surface area contributed by atoms with Crippen LogP contribution in [0.5, 0.6) is 0 Å². The van der Waals surface area contributed by atoms with Gasteiger partial charge >= 0.3 is 6.03 Å². The smallest absolute Gasteiger partial charge is 0.318 e.